The van der Waals surface area contributed by atoms with Crippen LogP contribution in [0.3, 0.4) is 0 Å². The summed E-state index contributed by atoms with van der Waals surface area (Å²) in [6.45, 7) is 3.54. The van der Waals surface area contributed by atoms with Gasteiger partial charge in [0.1, 0.15) is 12.3 Å². The Bertz CT molecular complexity index is 862. The Balaban J connectivity index is 1.36. The van der Waals surface area contributed by atoms with Gasteiger partial charge in [0.2, 0.25) is 11.8 Å². The van der Waals surface area contributed by atoms with Crippen LogP contribution in [0.5, 0.6) is 5.75 Å². The monoisotopic (exact) mass is 384 g/mol. The number of carbonyl (C=O) groups is 2. The molecule has 1 aliphatic heterocycles. The smallest absolute Gasteiger partial charge is 0.325 e. The van der Waals surface area contributed by atoms with E-state index in [0.29, 0.717) is 25.6 Å². The lowest BCUT2D eigenvalue weighted by Crippen LogP contribution is -2.37. The second kappa shape index (κ2) is 7.92. The molecule has 0 saturated carbocycles. The second-order valence-corrected chi connectivity index (χ2v) is 6.97. The highest BCUT2D eigenvalue weighted by atomic mass is 16.5. The van der Waals surface area contributed by atoms with Crippen LogP contribution in [0, 0.1) is 0 Å². The quantitative estimate of drug-likeness (QED) is 0.827. The van der Waals surface area contributed by atoms with Gasteiger partial charge in [-0.1, -0.05) is 5.16 Å². The standard InChI is InChI=1S/C20H24N4O4/c1-2-27-15-9-7-14(8-10-15)24-12-11-23(20(24)26)13-18(25)21-19-16-5-3-4-6-17(16)22-28-19/h7-10H,2-6,11-13H2,1H3,(H,21,25). The van der Waals surface area contributed by atoms with Gasteiger partial charge in [-0.05, 0) is 56.9 Å². The topological polar surface area (TPSA) is 87.9 Å². The third-order valence-corrected chi connectivity index (χ3v) is 5.10. The van der Waals surface area contributed by atoms with E-state index in [1.165, 1.54) is 4.90 Å². The molecule has 0 spiro atoms. The molecule has 4 rings (SSSR count). The minimum absolute atomic E-state index is 0.0121. The fourth-order valence-corrected chi connectivity index (χ4v) is 3.69. The van der Waals surface area contributed by atoms with Crippen LogP contribution in [0.1, 0.15) is 31.0 Å². The third-order valence-electron chi connectivity index (χ3n) is 5.10. The van der Waals surface area contributed by atoms with E-state index < -0.39 is 0 Å². The van der Waals surface area contributed by atoms with Gasteiger partial charge in [0, 0.05) is 24.3 Å². The Kier molecular flexibility index (Phi) is 5.18. The number of benzene rings is 1. The maximum atomic E-state index is 12.7. The first kappa shape index (κ1) is 18.3. The Labute approximate surface area is 163 Å². The summed E-state index contributed by atoms with van der Waals surface area (Å²) in [5, 5.41) is 6.82. The van der Waals surface area contributed by atoms with Gasteiger partial charge in [-0.25, -0.2) is 4.79 Å². The highest BCUT2D eigenvalue weighted by Gasteiger charge is 2.31. The Morgan fingerprint density at radius 1 is 1.21 bits per heavy atom. The van der Waals surface area contributed by atoms with Crippen molar-refractivity contribution in [2.75, 3.05) is 36.5 Å². The zero-order valence-electron chi connectivity index (χ0n) is 15.9. The number of fused-ring (bicyclic) bond motifs is 1. The number of anilines is 2. The molecule has 2 heterocycles. The first-order valence-electron chi connectivity index (χ1n) is 9.72. The van der Waals surface area contributed by atoms with Crippen molar-refractivity contribution >= 4 is 23.5 Å². The van der Waals surface area contributed by atoms with Crippen molar-refractivity contribution in [2.24, 2.45) is 0 Å². The predicted octanol–water partition coefficient (Wildman–Crippen LogP) is 2.83. The molecule has 1 aliphatic carbocycles. The van der Waals surface area contributed by atoms with Crippen molar-refractivity contribution in [2.45, 2.75) is 32.6 Å². The van der Waals surface area contributed by atoms with Crippen LogP contribution in [0.15, 0.2) is 28.8 Å². The molecule has 1 fully saturated rings. The zero-order chi connectivity index (χ0) is 19.5. The average Bonchev–Trinajstić information content (AvgIpc) is 3.27. The lowest BCUT2D eigenvalue weighted by Gasteiger charge is -2.18. The summed E-state index contributed by atoms with van der Waals surface area (Å²) >= 11 is 0. The number of hydrogen-bond acceptors (Lipinski definition) is 5. The van der Waals surface area contributed by atoms with Crippen LogP contribution in [-0.4, -0.2) is 48.2 Å². The minimum Gasteiger partial charge on any atom is -0.494 e. The lowest BCUT2D eigenvalue weighted by molar-refractivity contribution is -0.116. The summed E-state index contributed by atoms with van der Waals surface area (Å²) in [5.74, 6) is 0.922. The van der Waals surface area contributed by atoms with E-state index in [1.807, 2.05) is 31.2 Å². The maximum Gasteiger partial charge on any atom is 0.325 e. The molecule has 0 unspecified atom stereocenters. The number of carbonyl (C=O) groups excluding carboxylic acids is 2. The zero-order valence-corrected chi connectivity index (χ0v) is 15.9. The molecule has 1 aromatic carbocycles. The van der Waals surface area contributed by atoms with Crippen molar-refractivity contribution in [3.05, 3.63) is 35.5 Å². The first-order chi connectivity index (χ1) is 13.7. The summed E-state index contributed by atoms with van der Waals surface area (Å²) in [6.07, 6.45) is 3.91. The molecule has 3 amide bonds. The fraction of sp³-hybridized carbons (Fsp3) is 0.450. The van der Waals surface area contributed by atoms with Gasteiger partial charge in [0.05, 0.1) is 12.3 Å². The molecule has 1 saturated heterocycles. The highest BCUT2D eigenvalue weighted by molar-refractivity contribution is 5.99. The maximum absolute atomic E-state index is 12.7. The van der Waals surface area contributed by atoms with Crippen LogP contribution in [0.2, 0.25) is 0 Å². The van der Waals surface area contributed by atoms with Crippen molar-refractivity contribution in [3.8, 4) is 5.75 Å². The second-order valence-electron chi connectivity index (χ2n) is 6.97. The summed E-state index contributed by atoms with van der Waals surface area (Å²) in [4.78, 5) is 28.3. The molecule has 8 nitrogen and oxygen atoms in total. The number of aromatic nitrogens is 1. The fourth-order valence-electron chi connectivity index (χ4n) is 3.69. The Morgan fingerprint density at radius 3 is 2.79 bits per heavy atom. The van der Waals surface area contributed by atoms with Crippen LogP contribution in [0.25, 0.3) is 0 Å². The van der Waals surface area contributed by atoms with Crippen LogP contribution in [0.4, 0.5) is 16.4 Å². The largest absolute Gasteiger partial charge is 0.494 e. The molecule has 1 N–H and O–H groups in total. The number of amides is 3. The molecular formula is C20H24N4O4. The van der Waals surface area contributed by atoms with Crippen LogP contribution < -0.4 is 15.0 Å². The van der Waals surface area contributed by atoms with Crippen molar-refractivity contribution < 1.29 is 18.8 Å². The summed E-state index contributed by atoms with van der Waals surface area (Å²) < 4.78 is 10.7. The van der Waals surface area contributed by atoms with E-state index in [2.05, 4.69) is 10.5 Å². The number of urea groups is 1. The Morgan fingerprint density at radius 2 is 2.00 bits per heavy atom. The van der Waals surface area contributed by atoms with Crippen molar-refractivity contribution in [1.82, 2.24) is 10.1 Å². The highest BCUT2D eigenvalue weighted by Crippen LogP contribution is 2.28. The van der Waals surface area contributed by atoms with Crippen LogP contribution in [-0.2, 0) is 17.6 Å². The van der Waals surface area contributed by atoms with Gasteiger partial charge >= 0.3 is 6.03 Å². The number of aryl methyl sites for hydroxylation is 1. The molecule has 8 heteroatoms. The van der Waals surface area contributed by atoms with E-state index in [0.717, 1.165) is 48.4 Å². The molecule has 2 aliphatic rings. The SMILES string of the molecule is CCOc1ccc(N2CCN(CC(=O)Nc3onc4c3CCCC4)C2=O)cc1. The molecule has 2 aromatic rings. The van der Waals surface area contributed by atoms with Gasteiger partial charge in [-0.15, -0.1) is 0 Å². The molecule has 0 bridgehead atoms. The van der Waals surface area contributed by atoms with Gasteiger partial charge in [-0.2, -0.15) is 0 Å². The lowest BCUT2D eigenvalue weighted by atomic mass is 9.98. The normalized spacial score (nSPS) is 16.2. The van der Waals surface area contributed by atoms with Gasteiger partial charge in [0.15, 0.2) is 0 Å². The van der Waals surface area contributed by atoms with Crippen molar-refractivity contribution in [3.63, 3.8) is 0 Å². The number of nitrogens with zero attached hydrogens (tertiary/aromatic N) is 3. The van der Waals surface area contributed by atoms with E-state index in [1.54, 1.807) is 4.90 Å². The molecule has 1 aromatic heterocycles. The Hall–Kier alpha value is -3.03. The number of rotatable bonds is 6. The summed E-state index contributed by atoms with van der Waals surface area (Å²) in [7, 11) is 0. The molecule has 0 atom stereocenters. The third kappa shape index (κ3) is 3.67. The summed E-state index contributed by atoms with van der Waals surface area (Å²) in [5.41, 5.74) is 2.71. The van der Waals surface area contributed by atoms with Gasteiger partial charge in [-0.3, -0.25) is 15.0 Å². The molecule has 28 heavy (non-hydrogen) atoms. The van der Waals surface area contributed by atoms with Gasteiger partial charge in [0.25, 0.3) is 0 Å². The first-order valence-corrected chi connectivity index (χ1v) is 9.72. The molecule has 0 radical (unpaired) electrons. The van der Waals surface area contributed by atoms with E-state index in [9.17, 15) is 9.59 Å². The summed E-state index contributed by atoms with van der Waals surface area (Å²) in [6, 6.07) is 7.21. The number of hydrogen-bond donors (Lipinski definition) is 1. The average molecular weight is 384 g/mol. The molecular weight excluding hydrogens is 360 g/mol. The predicted molar refractivity (Wildman–Crippen MR) is 104 cm³/mol. The van der Waals surface area contributed by atoms with Gasteiger partial charge < -0.3 is 14.2 Å². The van der Waals surface area contributed by atoms with E-state index in [-0.39, 0.29) is 18.5 Å². The molecule has 148 valence electrons. The van der Waals surface area contributed by atoms with E-state index in [4.69, 9.17) is 9.26 Å². The van der Waals surface area contributed by atoms with E-state index >= 15 is 0 Å². The number of ether oxygens (including phenoxy) is 1. The van der Waals surface area contributed by atoms with Crippen LogP contribution >= 0.6 is 0 Å². The van der Waals surface area contributed by atoms with Crippen molar-refractivity contribution in [1.29, 1.82) is 0 Å². The minimum atomic E-state index is -0.272. The number of nitrogens with one attached hydrogen (secondary N) is 1.